The minimum atomic E-state index is -0.512. The van der Waals surface area contributed by atoms with Crippen LogP contribution >= 0.6 is 0 Å². The first-order valence-electron chi connectivity index (χ1n) is 8.81. The Morgan fingerprint density at radius 3 is 2.79 bits per heavy atom. The molecular weight excluding hydrogens is 356 g/mol. The van der Waals surface area contributed by atoms with Crippen LogP contribution in [0.1, 0.15) is 24.0 Å². The number of hydrogen-bond donors (Lipinski definition) is 3. The van der Waals surface area contributed by atoms with Crippen molar-refractivity contribution < 1.29 is 14.6 Å². The van der Waals surface area contributed by atoms with Gasteiger partial charge < -0.3 is 20.3 Å². The second-order valence-corrected chi connectivity index (χ2v) is 6.27. The maximum Gasteiger partial charge on any atom is 0.244 e. The molecule has 0 radical (unpaired) electrons. The van der Waals surface area contributed by atoms with Gasteiger partial charge >= 0.3 is 0 Å². The van der Waals surface area contributed by atoms with E-state index in [1.807, 2.05) is 37.3 Å². The number of aromatic nitrogens is 2. The standard InChI is InChI=1S/C21H18N4O3/c1-2-27-16-10-13(8-9-15(16)26)17-14(11-22)20(23)28-21-18(17)19(24-25-21)12-6-4-3-5-7-12/h3-10,17,26H,2,23H2,1H3,(H,24,25)/t17-/m0/s1. The Morgan fingerprint density at radius 2 is 2.07 bits per heavy atom. The molecule has 28 heavy (non-hydrogen) atoms. The first-order valence-corrected chi connectivity index (χ1v) is 8.81. The van der Waals surface area contributed by atoms with Gasteiger partial charge in [-0.15, -0.1) is 5.10 Å². The molecule has 0 unspecified atom stereocenters. The number of rotatable bonds is 4. The molecule has 0 bridgehead atoms. The molecule has 140 valence electrons. The van der Waals surface area contributed by atoms with E-state index in [1.54, 1.807) is 18.2 Å². The molecule has 0 spiro atoms. The second-order valence-electron chi connectivity index (χ2n) is 6.27. The molecule has 1 aromatic heterocycles. The number of nitriles is 1. The molecule has 0 amide bonds. The number of ether oxygens (including phenoxy) is 2. The van der Waals surface area contributed by atoms with Gasteiger partial charge in [0.15, 0.2) is 11.5 Å². The van der Waals surface area contributed by atoms with Gasteiger partial charge in [-0.2, -0.15) is 5.26 Å². The molecule has 0 saturated carbocycles. The van der Waals surface area contributed by atoms with Gasteiger partial charge in [0, 0.05) is 0 Å². The highest BCUT2D eigenvalue weighted by molar-refractivity contribution is 5.71. The number of nitrogens with two attached hydrogens (primary N) is 1. The Hall–Kier alpha value is -3.92. The van der Waals surface area contributed by atoms with E-state index in [1.165, 1.54) is 0 Å². The van der Waals surface area contributed by atoms with E-state index in [0.717, 1.165) is 16.8 Å². The van der Waals surface area contributed by atoms with Crippen molar-refractivity contribution in [2.24, 2.45) is 5.73 Å². The number of phenols is 1. The number of nitrogens with zero attached hydrogens (tertiary/aromatic N) is 2. The zero-order valence-electron chi connectivity index (χ0n) is 15.1. The molecule has 4 N–H and O–H groups in total. The summed E-state index contributed by atoms with van der Waals surface area (Å²) in [5.41, 5.74) is 9.39. The smallest absolute Gasteiger partial charge is 0.244 e. The van der Waals surface area contributed by atoms with E-state index in [0.29, 0.717) is 23.8 Å². The predicted molar refractivity (Wildman–Crippen MR) is 103 cm³/mol. The Bertz CT molecular complexity index is 1100. The van der Waals surface area contributed by atoms with E-state index in [4.69, 9.17) is 15.2 Å². The van der Waals surface area contributed by atoms with Gasteiger partial charge in [0.1, 0.15) is 11.6 Å². The quantitative estimate of drug-likeness (QED) is 0.644. The number of nitrogens with one attached hydrogen (secondary N) is 1. The van der Waals surface area contributed by atoms with Gasteiger partial charge in [-0.1, -0.05) is 36.4 Å². The van der Waals surface area contributed by atoms with Crippen molar-refractivity contribution in [1.29, 1.82) is 5.26 Å². The molecule has 1 aliphatic rings. The highest BCUT2D eigenvalue weighted by Crippen LogP contribution is 2.46. The summed E-state index contributed by atoms with van der Waals surface area (Å²) in [5, 5.41) is 27.1. The number of hydrogen-bond acceptors (Lipinski definition) is 6. The summed E-state index contributed by atoms with van der Waals surface area (Å²) in [7, 11) is 0. The normalized spacial score (nSPS) is 15.5. The number of aromatic hydroxyl groups is 1. The summed E-state index contributed by atoms with van der Waals surface area (Å²) in [4.78, 5) is 0. The van der Waals surface area contributed by atoms with E-state index >= 15 is 0 Å². The largest absolute Gasteiger partial charge is 0.504 e. The zero-order valence-corrected chi connectivity index (χ0v) is 15.1. The average molecular weight is 374 g/mol. The van der Waals surface area contributed by atoms with E-state index in [-0.39, 0.29) is 17.2 Å². The van der Waals surface area contributed by atoms with Gasteiger partial charge in [-0.05, 0) is 30.2 Å². The fourth-order valence-corrected chi connectivity index (χ4v) is 3.38. The third kappa shape index (κ3) is 2.81. The minimum Gasteiger partial charge on any atom is -0.504 e. The summed E-state index contributed by atoms with van der Waals surface area (Å²) in [6.07, 6.45) is 0. The Morgan fingerprint density at radius 1 is 1.29 bits per heavy atom. The SMILES string of the molecule is CCOc1cc([C@H]2C(C#N)=C(N)Oc3n[nH]c(-c4ccccc4)c32)ccc1O. The van der Waals surface area contributed by atoms with Gasteiger partial charge in [0.05, 0.1) is 23.8 Å². The lowest BCUT2D eigenvalue weighted by Gasteiger charge is -2.24. The van der Waals surface area contributed by atoms with Crippen molar-refractivity contribution in [1.82, 2.24) is 10.2 Å². The summed E-state index contributed by atoms with van der Waals surface area (Å²) in [6.45, 7) is 2.24. The van der Waals surface area contributed by atoms with Crippen molar-refractivity contribution in [3.05, 3.63) is 71.1 Å². The van der Waals surface area contributed by atoms with Gasteiger partial charge in [0.25, 0.3) is 0 Å². The monoisotopic (exact) mass is 374 g/mol. The molecule has 7 heteroatoms. The molecule has 4 rings (SSSR count). The van der Waals surface area contributed by atoms with Gasteiger partial charge in [-0.25, -0.2) is 0 Å². The van der Waals surface area contributed by atoms with Crippen molar-refractivity contribution in [3.8, 4) is 34.7 Å². The molecule has 3 aromatic rings. The summed E-state index contributed by atoms with van der Waals surface area (Å²) < 4.78 is 11.1. The number of phenolic OH excluding ortho intramolecular Hbond substituents is 1. The van der Waals surface area contributed by atoms with Crippen LogP contribution in [0, 0.1) is 11.3 Å². The minimum absolute atomic E-state index is 0.0112. The molecule has 2 heterocycles. The average Bonchev–Trinajstić information content (AvgIpc) is 3.13. The summed E-state index contributed by atoms with van der Waals surface area (Å²) in [6, 6.07) is 16.8. The van der Waals surface area contributed by atoms with Gasteiger partial charge in [0.2, 0.25) is 11.8 Å². The number of fused-ring (bicyclic) bond motifs is 1. The number of aromatic amines is 1. The molecule has 0 saturated heterocycles. The zero-order chi connectivity index (χ0) is 19.7. The number of benzene rings is 2. The Kier molecular flexibility index (Phi) is 4.38. The lowest BCUT2D eigenvalue weighted by molar-refractivity contribution is 0.317. The van der Waals surface area contributed by atoms with Crippen LogP contribution in [0.15, 0.2) is 60.0 Å². The topological polar surface area (TPSA) is 117 Å². The van der Waals surface area contributed by atoms with Crippen molar-refractivity contribution >= 4 is 0 Å². The number of H-pyrrole nitrogens is 1. The lowest BCUT2D eigenvalue weighted by atomic mass is 9.83. The number of allylic oxidation sites excluding steroid dienone is 1. The van der Waals surface area contributed by atoms with Crippen LogP contribution < -0.4 is 15.2 Å². The van der Waals surface area contributed by atoms with E-state index in [9.17, 15) is 10.4 Å². The summed E-state index contributed by atoms with van der Waals surface area (Å²) in [5.74, 6) is 0.198. The molecule has 1 aliphatic heterocycles. The van der Waals surface area contributed by atoms with Crippen LogP contribution in [0.3, 0.4) is 0 Å². The maximum absolute atomic E-state index is 10.1. The summed E-state index contributed by atoms with van der Waals surface area (Å²) >= 11 is 0. The highest BCUT2D eigenvalue weighted by Gasteiger charge is 2.36. The molecular formula is C21H18N4O3. The van der Waals surface area contributed by atoms with E-state index in [2.05, 4.69) is 16.3 Å². The van der Waals surface area contributed by atoms with E-state index < -0.39 is 5.92 Å². The van der Waals surface area contributed by atoms with Crippen LogP contribution in [0.2, 0.25) is 0 Å². The second kappa shape index (κ2) is 7.00. The Labute approximate surface area is 161 Å². The van der Waals surface area contributed by atoms with Gasteiger partial charge in [-0.3, -0.25) is 5.10 Å². The van der Waals surface area contributed by atoms with Crippen LogP contribution in [0.25, 0.3) is 11.3 Å². The molecule has 2 aromatic carbocycles. The fraction of sp³-hybridized carbons (Fsp3) is 0.143. The predicted octanol–water partition coefficient (Wildman–Crippen LogP) is 3.40. The van der Waals surface area contributed by atoms with Crippen LogP contribution in [-0.4, -0.2) is 21.9 Å². The third-order valence-corrected chi connectivity index (χ3v) is 4.62. The fourth-order valence-electron chi connectivity index (χ4n) is 3.38. The highest BCUT2D eigenvalue weighted by atomic mass is 16.5. The van der Waals surface area contributed by atoms with Crippen molar-refractivity contribution in [2.45, 2.75) is 12.8 Å². The van der Waals surface area contributed by atoms with Crippen LogP contribution in [0.4, 0.5) is 0 Å². The first kappa shape index (κ1) is 17.5. The van der Waals surface area contributed by atoms with Crippen LogP contribution in [-0.2, 0) is 0 Å². The molecule has 7 nitrogen and oxygen atoms in total. The van der Waals surface area contributed by atoms with Crippen molar-refractivity contribution in [2.75, 3.05) is 6.61 Å². The maximum atomic E-state index is 10.1. The lowest BCUT2D eigenvalue weighted by Crippen LogP contribution is -2.21. The molecule has 0 aliphatic carbocycles. The van der Waals surface area contributed by atoms with Crippen molar-refractivity contribution in [3.63, 3.8) is 0 Å². The molecule has 0 fully saturated rings. The third-order valence-electron chi connectivity index (χ3n) is 4.62. The van der Waals surface area contributed by atoms with Crippen LogP contribution in [0.5, 0.6) is 17.4 Å². The Balaban J connectivity index is 1.93. The molecule has 1 atom stereocenters. The first-order chi connectivity index (χ1) is 13.6.